The topological polar surface area (TPSA) is 83.1 Å². The molecule has 0 aliphatic carbocycles. The maximum atomic E-state index is 11.6. The number of carbonyl (C=O) groups is 2. The second kappa shape index (κ2) is 8.41. The fourth-order valence-electron chi connectivity index (χ4n) is 1.76. The third-order valence-corrected chi connectivity index (χ3v) is 2.90. The molecule has 0 atom stereocenters. The first kappa shape index (κ1) is 15.5. The number of rotatable bonds is 6. The summed E-state index contributed by atoms with van der Waals surface area (Å²) < 4.78 is 0. The predicted molar refractivity (Wildman–Crippen MR) is 82.8 cm³/mol. The molecule has 1 aromatic heterocycles. The van der Waals surface area contributed by atoms with Crippen LogP contribution in [0.1, 0.15) is 11.3 Å². The molecule has 0 aliphatic rings. The first-order chi connectivity index (χ1) is 10.7. The zero-order valence-corrected chi connectivity index (χ0v) is 12.1. The summed E-state index contributed by atoms with van der Waals surface area (Å²) in [6.07, 6.45) is 1.66. The Labute approximate surface area is 129 Å². The molecule has 0 fully saturated rings. The fourth-order valence-corrected chi connectivity index (χ4v) is 1.76. The Morgan fingerprint density at radius 1 is 0.864 bits per heavy atom. The molecule has 3 N–H and O–H groups in total. The molecule has 114 valence electrons. The van der Waals surface area contributed by atoms with Crippen molar-refractivity contribution in [1.82, 2.24) is 20.9 Å². The Kier molecular flexibility index (Phi) is 5.92. The average Bonchev–Trinajstić information content (AvgIpc) is 2.58. The molecule has 6 heteroatoms. The van der Waals surface area contributed by atoms with Crippen molar-refractivity contribution in [2.24, 2.45) is 0 Å². The smallest absolute Gasteiger partial charge is 0.315 e. The zero-order chi connectivity index (χ0) is 15.6. The van der Waals surface area contributed by atoms with Crippen molar-refractivity contribution in [3.8, 4) is 0 Å². The molecule has 6 nitrogen and oxygen atoms in total. The quantitative estimate of drug-likeness (QED) is 0.749. The molecule has 0 saturated heterocycles. The van der Waals surface area contributed by atoms with Crippen molar-refractivity contribution in [3.63, 3.8) is 0 Å². The third kappa shape index (κ3) is 5.62. The minimum absolute atomic E-state index is 0.0759. The van der Waals surface area contributed by atoms with E-state index in [1.54, 1.807) is 6.20 Å². The van der Waals surface area contributed by atoms with E-state index in [0.29, 0.717) is 13.1 Å². The van der Waals surface area contributed by atoms with Gasteiger partial charge in [-0.05, 0) is 17.7 Å². The average molecular weight is 298 g/mol. The van der Waals surface area contributed by atoms with Crippen molar-refractivity contribution >= 4 is 11.9 Å². The normalized spacial score (nSPS) is 9.82. The van der Waals surface area contributed by atoms with Gasteiger partial charge in [-0.1, -0.05) is 36.4 Å². The number of nitrogens with zero attached hydrogens (tertiary/aromatic N) is 1. The summed E-state index contributed by atoms with van der Waals surface area (Å²) in [5, 5.41) is 7.88. The first-order valence-electron chi connectivity index (χ1n) is 6.96. The van der Waals surface area contributed by atoms with Gasteiger partial charge in [-0.25, -0.2) is 4.79 Å². The molecule has 0 unspecified atom stereocenters. The van der Waals surface area contributed by atoms with Gasteiger partial charge in [0.1, 0.15) is 0 Å². The maximum absolute atomic E-state index is 11.6. The van der Waals surface area contributed by atoms with Crippen LogP contribution >= 0.6 is 0 Å². The van der Waals surface area contributed by atoms with E-state index in [4.69, 9.17) is 0 Å². The molecule has 0 radical (unpaired) electrons. The summed E-state index contributed by atoms with van der Waals surface area (Å²) in [6, 6.07) is 14.7. The lowest BCUT2D eigenvalue weighted by Gasteiger charge is -2.08. The van der Waals surface area contributed by atoms with Crippen LogP contribution in [-0.4, -0.2) is 23.5 Å². The standard InChI is InChI=1S/C16H18N4O2/c21-15(18-11-14-8-4-5-9-17-14)12-20-16(22)19-10-13-6-2-1-3-7-13/h1-9H,10-12H2,(H,18,21)(H2,19,20,22). The number of carbonyl (C=O) groups excluding carboxylic acids is 2. The van der Waals surface area contributed by atoms with Crippen molar-refractivity contribution < 1.29 is 9.59 Å². The molecule has 0 spiro atoms. The molecule has 2 aromatic rings. The van der Waals surface area contributed by atoms with Crippen LogP contribution in [0, 0.1) is 0 Å². The van der Waals surface area contributed by atoms with Gasteiger partial charge >= 0.3 is 6.03 Å². The van der Waals surface area contributed by atoms with Crippen LogP contribution in [0.2, 0.25) is 0 Å². The summed E-state index contributed by atoms with van der Waals surface area (Å²) in [7, 11) is 0. The highest BCUT2D eigenvalue weighted by molar-refractivity contribution is 5.83. The molecule has 2 rings (SSSR count). The van der Waals surface area contributed by atoms with E-state index in [1.165, 1.54) is 0 Å². The Balaban J connectivity index is 1.62. The second-order valence-corrected chi connectivity index (χ2v) is 4.62. The number of benzene rings is 1. The Bertz CT molecular complexity index is 547. The van der Waals surface area contributed by atoms with Gasteiger partial charge in [0.05, 0.1) is 18.8 Å². The molecule has 0 saturated carbocycles. The highest BCUT2D eigenvalue weighted by Crippen LogP contribution is 1.96. The van der Waals surface area contributed by atoms with Crippen molar-refractivity contribution in [2.45, 2.75) is 13.1 Å². The van der Waals surface area contributed by atoms with Gasteiger partial charge in [0.25, 0.3) is 0 Å². The second-order valence-electron chi connectivity index (χ2n) is 4.62. The van der Waals surface area contributed by atoms with Crippen molar-refractivity contribution in [1.29, 1.82) is 0 Å². The van der Waals surface area contributed by atoms with Crippen molar-refractivity contribution in [3.05, 3.63) is 66.0 Å². The van der Waals surface area contributed by atoms with E-state index in [1.807, 2.05) is 48.5 Å². The lowest BCUT2D eigenvalue weighted by molar-refractivity contribution is -0.120. The van der Waals surface area contributed by atoms with Crippen LogP contribution in [0.3, 0.4) is 0 Å². The summed E-state index contributed by atoms with van der Waals surface area (Å²) in [4.78, 5) is 27.3. The number of pyridine rings is 1. The molecular formula is C16H18N4O2. The van der Waals surface area contributed by atoms with E-state index in [2.05, 4.69) is 20.9 Å². The Morgan fingerprint density at radius 2 is 1.64 bits per heavy atom. The molecule has 1 aromatic carbocycles. The van der Waals surface area contributed by atoms with Gasteiger partial charge in [0.15, 0.2) is 0 Å². The van der Waals surface area contributed by atoms with E-state index in [9.17, 15) is 9.59 Å². The summed E-state index contributed by atoms with van der Waals surface area (Å²) in [5.41, 5.74) is 1.77. The fraction of sp³-hybridized carbons (Fsp3) is 0.188. The SMILES string of the molecule is O=C(CNC(=O)NCc1ccccc1)NCc1ccccn1. The molecular weight excluding hydrogens is 280 g/mol. The van der Waals surface area contributed by atoms with Crippen LogP contribution < -0.4 is 16.0 Å². The minimum Gasteiger partial charge on any atom is -0.349 e. The largest absolute Gasteiger partial charge is 0.349 e. The lowest BCUT2D eigenvalue weighted by Crippen LogP contribution is -2.41. The number of nitrogens with one attached hydrogen (secondary N) is 3. The summed E-state index contributed by atoms with van der Waals surface area (Å²) in [5.74, 6) is -0.263. The van der Waals surface area contributed by atoms with Crippen LogP contribution in [0.4, 0.5) is 4.79 Å². The number of aromatic nitrogens is 1. The van der Waals surface area contributed by atoms with Gasteiger partial charge in [-0.15, -0.1) is 0 Å². The molecule has 3 amide bonds. The zero-order valence-electron chi connectivity index (χ0n) is 12.1. The van der Waals surface area contributed by atoms with Gasteiger partial charge < -0.3 is 16.0 Å². The van der Waals surface area contributed by atoms with Gasteiger partial charge in [0.2, 0.25) is 5.91 Å². The van der Waals surface area contributed by atoms with Gasteiger partial charge in [-0.3, -0.25) is 9.78 Å². The van der Waals surface area contributed by atoms with Crippen LogP contribution in [0.25, 0.3) is 0 Å². The Hall–Kier alpha value is -2.89. The number of hydrogen-bond donors (Lipinski definition) is 3. The van der Waals surface area contributed by atoms with Crippen LogP contribution in [0.5, 0.6) is 0 Å². The molecule has 0 aliphatic heterocycles. The highest BCUT2D eigenvalue weighted by Gasteiger charge is 2.05. The number of hydrogen-bond acceptors (Lipinski definition) is 3. The first-order valence-corrected chi connectivity index (χ1v) is 6.96. The van der Waals surface area contributed by atoms with Crippen LogP contribution in [0.15, 0.2) is 54.7 Å². The minimum atomic E-state index is -0.378. The van der Waals surface area contributed by atoms with Crippen LogP contribution in [-0.2, 0) is 17.9 Å². The summed E-state index contributed by atoms with van der Waals surface area (Å²) in [6.45, 7) is 0.683. The molecule has 22 heavy (non-hydrogen) atoms. The predicted octanol–water partition coefficient (Wildman–Crippen LogP) is 1.20. The van der Waals surface area contributed by atoms with Crippen molar-refractivity contribution in [2.75, 3.05) is 6.54 Å². The Morgan fingerprint density at radius 3 is 2.36 bits per heavy atom. The van der Waals surface area contributed by atoms with E-state index >= 15 is 0 Å². The lowest BCUT2D eigenvalue weighted by atomic mass is 10.2. The maximum Gasteiger partial charge on any atom is 0.315 e. The van der Waals surface area contributed by atoms with Gasteiger partial charge in [0, 0.05) is 12.7 Å². The molecule has 0 bridgehead atoms. The van der Waals surface area contributed by atoms with Gasteiger partial charge in [-0.2, -0.15) is 0 Å². The van der Waals surface area contributed by atoms with E-state index < -0.39 is 0 Å². The van der Waals surface area contributed by atoms with E-state index in [0.717, 1.165) is 11.3 Å². The van der Waals surface area contributed by atoms with E-state index in [-0.39, 0.29) is 18.5 Å². The summed E-state index contributed by atoms with van der Waals surface area (Å²) >= 11 is 0. The third-order valence-electron chi connectivity index (χ3n) is 2.90. The highest BCUT2D eigenvalue weighted by atomic mass is 16.2. The number of amides is 3. The monoisotopic (exact) mass is 298 g/mol. The number of urea groups is 1. The molecule has 1 heterocycles.